The molecule has 96 valence electrons. The number of ether oxygens (including phenoxy) is 1. The Morgan fingerprint density at radius 1 is 1.44 bits per heavy atom. The fourth-order valence-electron chi connectivity index (χ4n) is 2.59. The van der Waals surface area contributed by atoms with Crippen LogP contribution >= 0.6 is 0 Å². The van der Waals surface area contributed by atoms with Crippen LogP contribution in [0.25, 0.3) is 0 Å². The first-order chi connectivity index (χ1) is 7.62. The second-order valence-electron chi connectivity index (χ2n) is 5.05. The number of hydrogen-bond donors (Lipinski definition) is 2. The number of rotatable bonds is 7. The van der Waals surface area contributed by atoms with Gasteiger partial charge in [-0.05, 0) is 26.2 Å². The monoisotopic (exact) mass is 229 g/mol. The number of aliphatic hydroxyl groups is 1. The first-order valence-corrected chi connectivity index (χ1v) is 6.60. The minimum atomic E-state index is 0.228. The van der Waals surface area contributed by atoms with Crippen molar-refractivity contribution in [3.63, 3.8) is 0 Å². The molecule has 4 atom stereocenters. The molecule has 0 aliphatic heterocycles. The highest BCUT2D eigenvalue weighted by Crippen LogP contribution is 2.46. The first-order valence-electron chi connectivity index (χ1n) is 6.60. The predicted octanol–water partition coefficient (Wildman–Crippen LogP) is 1.94. The summed E-state index contributed by atoms with van der Waals surface area (Å²) < 4.78 is 5.76. The van der Waals surface area contributed by atoms with Gasteiger partial charge in [0.1, 0.15) is 0 Å². The summed E-state index contributed by atoms with van der Waals surface area (Å²) in [4.78, 5) is 0. The lowest BCUT2D eigenvalue weighted by molar-refractivity contribution is -0.129. The highest BCUT2D eigenvalue weighted by Gasteiger charge is 2.51. The van der Waals surface area contributed by atoms with Crippen molar-refractivity contribution in [2.24, 2.45) is 5.41 Å². The van der Waals surface area contributed by atoms with Gasteiger partial charge in [0.25, 0.3) is 0 Å². The summed E-state index contributed by atoms with van der Waals surface area (Å²) in [6, 6.07) is 0.726. The van der Waals surface area contributed by atoms with Gasteiger partial charge in [0.2, 0.25) is 0 Å². The maximum Gasteiger partial charge on any atom is 0.0658 e. The Kier molecular flexibility index (Phi) is 5.22. The maximum atomic E-state index is 9.21. The number of aliphatic hydroxyl groups excluding tert-OH is 1. The van der Waals surface area contributed by atoms with E-state index in [9.17, 15) is 5.11 Å². The molecule has 0 spiro atoms. The standard InChI is InChI=1S/C13H27NO2/c1-5-10(9-15)14-11-8-12(16-7-3)13(11,4)6-2/h10-12,14-15H,5-9H2,1-4H3/t10-,11?,12?,13?/m1/s1. The molecular formula is C13H27NO2. The van der Waals surface area contributed by atoms with Crippen molar-refractivity contribution in [3.8, 4) is 0 Å². The van der Waals surface area contributed by atoms with E-state index in [-0.39, 0.29) is 18.1 Å². The summed E-state index contributed by atoms with van der Waals surface area (Å²) in [5.41, 5.74) is 0.235. The quantitative estimate of drug-likeness (QED) is 0.701. The normalized spacial score (nSPS) is 35.8. The molecule has 1 aliphatic carbocycles. The molecule has 1 aliphatic rings. The van der Waals surface area contributed by atoms with E-state index < -0.39 is 0 Å². The Morgan fingerprint density at radius 2 is 2.12 bits per heavy atom. The van der Waals surface area contributed by atoms with Gasteiger partial charge in [-0.2, -0.15) is 0 Å². The lowest BCUT2D eigenvalue weighted by Gasteiger charge is -2.54. The van der Waals surface area contributed by atoms with Crippen molar-refractivity contribution in [2.75, 3.05) is 13.2 Å². The third-order valence-electron chi connectivity index (χ3n) is 4.26. The van der Waals surface area contributed by atoms with Crippen molar-refractivity contribution in [1.82, 2.24) is 5.32 Å². The highest BCUT2D eigenvalue weighted by atomic mass is 16.5. The summed E-state index contributed by atoms with van der Waals surface area (Å²) in [5.74, 6) is 0. The Morgan fingerprint density at radius 3 is 2.56 bits per heavy atom. The minimum absolute atomic E-state index is 0.228. The van der Waals surface area contributed by atoms with Gasteiger partial charge in [0, 0.05) is 24.1 Å². The molecule has 0 amide bonds. The van der Waals surface area contributed by atoms with Gasteiger partial charge < -0.3 is 15.2 Å². The number of hydrogen-bond acceptors (Lipinski definition) is 3. The van der Waals surface area contributed by atoms with Crippen LogP contribution in [-0.2, 0) is 4.74 Å². The van der Waals surface area contributed by atoms with E-state index in [1.54, 1.807) is 0 Å². The van der Waals surface area contributed by atoms with Crippen LogP contribution in [0, 0.1) is 5.41 Å². The van der Waals surface area contributed by atoms with Crippen LogP contribution in [0.3, 0.4) is 0 Å². The van der Waals surface area contributed by atoms with Gasteiger partial charge >= 0.3 is 0 Å². The van der Waals surface area contributed by atoms with Crippen LogP contribution in [0.15, 0.2) is 0 Å². The molecule has 0 saturated heterocycles. The van der Waals surface area contributed by atoms with Crippen molar-refractivity contribution in [3.05, 3.63) is 0 Å². The fraction of sp³-hybridized carbons (Fsp3) is 1.00. The molecule has 0 aromatic rings. The Labute approximate surface area is 99.6 Å². The minimum Gasteiger partial charge on any atom is -0.395 e. The molecule has 1 fully saturated rings. The van der Waals surface area contributed by atoms with Crippen molar-refractivity contribution in [1.29, 1.82) is 0 Å². The van der Waals surface area contributed by atoms with E-state index in [1.807, 2.05) is 0 Å². The van der Waals surface area contributed by atoms with Crippen LogP contribution in [0.2, 0.25) is 0 Å². The van der Waals surface area contributed by atoms with E-state index in [0.717, 1.165) is 25.9 Å². The molecule has 0 aromatic heterocycles. The lowest BCUT2D eigenvalue weighted by Crippen LogP contribution is -2.64. The maximum absolute atomic E-state index is 9.21. The van der Waals surface area contributed by atoms with E-state index in [4.69, 9.17) is 4.74 Å². The predicted molar refractivity (Wildman–Crippen MR) is 66.5 cm³/mol. The van der Waals surface area contributed by atoms with Crippen molar-refractivity contribution >= 4 is 0 Å². The Balaban J connectivity index is 2.51. The molecule has 1 rings (SSSR count). The van der Waals surface area contributed by atoms with E-state index >= 15 is 0 Å². The van der Waals surface area contributed by atoms with Gasteiger partial charge in [-0.3, -0.25) is 0 Å². The zero-order chi connectivity index (χ0) is 12.2. The summed E-state index contributed by atoms with van der Waals surface area (Å²) in [5, 5.41) is 12.8. The fourth-order valence-corrected chi connectivity index (χ4v) is 2.59. The summed E-state index contributed by atoms with van der Waals surface area (Å²) >= 11 is 0. The van der Waals surface area contributed by atoms with Gasteiger partial charge in [0.05, 0.1) is 12.7 Å². The molecule has 0 bridgehead atoms. The van der Waals surface area contributed by atoms with Crippen LogP contribution in [-0.4, -0.2) is 36.5 Å². The van der Waals surface area contributed by atoms with Crippen LogP contribution in [0.1, 0.15) is 47.0 Å². The van der Waals surface area contributed by atoms with Gasteiger partial charge in [-0.15, -0.1) is 0 Å². The molecular weight excluding hydrogens is 202 g/mol. The summed E-state index contributed by atoms with van der Waals surface area (Å²) in [6.45, 7) is 9.70. The third kappa shape index (κ3) is 2.58. The third-order valence-corrected chi connectivity index (χ3v) is 4.26. The Bertz CT molecular complexity index is 206. The SMILES string of the molecule is CCOC1CC(N[C@H](CC)CO)C1(C)CC. The second kappa shape index (κ2) is 5.99. The van der Waals surface area contributed by atoms with Crippen LogP contribution < -0.4 is 5.32 Å². The molecule has 1 saturated carbocycles. The Hall–Kier alpha value is -0.120. The largest absolute Gasteiger partial charge is 0.395 e. The van der Waals surface area contributed by atoms with E-state index in [2.05, 4.69) is 33.0 Å². The van der Waals surface area contributed by atoms with Crippen LogP contribution in [0.4, 0.5) is 0 Å². The van der Waals surface area contributed by atoms with Crippen LogP contribution in [0.5, 0.6) is 0 Å². The van der Waals surface area contributed by atoms with Gasteiger partial charge in [0.15, 0.2) is 0 Å². The first kappa shape index (κ1) is 13.9. The topological polar surface area (TPSA) is 41.5 Å². The summed E-state index contributed by atoms with van der Waals surface area (Å²) in [6.07, 6.45) is 3.56. The molecule has 3 unspecified atom stereocenters. The number of nitrogens with one attached hydrogen (secondary N) is 1. The second-order valence-corrected chi connectivity index (χ2v) is 5.05. The molecule has 2 N–H and O–H groups in total. The van der Waals surface area contributed by atoms with E-state index in [1.165, 1.54) is 0 Å². The van der Waals surface area contributed by atoms with Gasteiger partial charge in [-0.25, -0.2) is 0 Å². The average Bonchev–Trinajstić information content (AvgIpc) is 2.32. The lowest BCUT2D eigenvalue weighted by atomic mass is 9.61. The highest BCUT2D eigenvalue weighted by molar-refractivity contribution is 5.05. The molecule has 16 heavy (non-hydrogen) atoms. The molecule has 0 aromatic carbocycles. The smallest absolute Gasteiger partial charge is 0.0658 e. The average molecular weight is 229 g/mol. The van der Waals surface area contributed by atoms with E-state index in [0.29, 0.717) is 12.1 Å². The molecule has 3 heteroatoms. The van der Waals surface area contributed by atoms with Crippen molar-refractivity contribution in [2.45, 2.75) is 65.1 Å². The van der Waals surface area contributed by atoms with Gasteiger partial charge in [-0.1, -0.05) is 20.8 Å². The van der Waals surface area contributed by atoms with Crippen molar-refractivity contribution < 1.29 is 9.84 Å². The summed E-state index contributed by atoms with van der Waals surface area (Å²) in [7, 11) is 0. The zero-order valence-corrected chi connectivity index (χ0v) is 11.1. The molecule has 0 heterocycles. The molecule has 0 radical (unpaired) electrons. The molecule has 3 nitrogen and oxygen atoms in total. The zero-order valence-electron chi connectivity index (χ0n) is 11.1.